The second-order valence-corrected chi connectivity index (χ2v) is 19.6. The van der Waals surface area contributed by atoms with Gasteiger partial charge in [0, 0.05) is 70.8 Å². The summed E-state index contributed by atoms with van der Waals surface area (Å²) in [5.74, 6) is 0. The lowest BCUT2D eigenvalue weighted by molar-refractivity contribution is 1.19. The van der Waals surface area contributed by atoms with Crippen LogP contribution in [-0.4, -0.2) is 6.71 Å². The van der Waals surface area contributed by atoms with Crippen molar-refractivity contribution in [3.05, 3.63) is 267 Å². The van der Waals surface area contributed by atoms with Gasteiger partial charge in [-0.25, -0.2) is 0 Å². The summed E-state index contributed by atoms with van der Waals surface area (Å²) in [5, 5.41) is 0. The van der Waals surface area contributed by atoms with E-state index in [9.17, 15) is 0 Å². The van der Waals surface area contributed by atoms with E-state index in [4.69, 9.17) is 0 Å². The van der Waals surface area contributed by atoms with Gasteiger partial charge in [0.2, 0.25) is 0 Å². The molecule has 12 rings (SSSR count). The maximum atomic E-state index is 2.56. The monoisotopic (exact) mass is 879 g/mol. The molecule has 67 heavy (non-hydrogen) atoms. The Morgan fingerprint density at radius 1 is 0.313 bits per heavy atom. The molecule has 322 valence electrons. The summed E-state index contributed by atoms with van der Waals surface area (Å²) in [4.78, 5) is 12.6. The highest BCUT2D eigenvalue weighted by molar-refractivity contribution is 8.34. The van der Waals surface area contributed by atoms with Crippen molar-refractivity contribution in [1.29, 1.82) is 0 Å². The number of para-hydroxylation sites is 5. The Kier molecular flexibility index (Phi) is 11.3. The van der Waals surface area contributed by atoms with Gasteiger partial charge in [-0.15, -0.1) is 10.0 Å². The molecule has 2 aliphatic rings. The standard InChI is InChI=1S/C60H44BN3S.C2H6/c1-8-24-45(25-9-1)62(46-26-10-2-11-27-46)49-40-41-55-57(42-49)64(48-30-14-4-15-31-48)59-44-53(43-58-60(59)61(55)54-38-22-23-39-56(54)63(58)47-28-12-3-13-29-47)65(50-32-16-5-17-33-50,51-34-18-6-19-35-51)52-36-20-7-21-37-52;1-2/h1-44H;1-2H3. The first kappa shape index (κ1) is 41.7. The van der Waals surface area contributed by atoms with E-state index in [2.05, 4.69) is 282 Å². The van der Waals surface area contributed by atoms with Crippen molar-refractivity contribution in [3.63, 3.8) is 0 Å². The number of nitrogens with zero attached hydrogens (tertiary/aromatic N) is 3. The van der Waals surface area contributed by atoms with Gasteiger partial charge in [-0.05, 0) is 132 Å². The van der Waals surface area contributed by atoms with Crippen molar-refractivity contribution in [2.24, 2.45) is 0 Å². The molecule has 2 aliphatic heterocycles. The van der Waals surface area contributed by atoms with E-state index >= 15 is 0 Å². The second-order valence-electron chi connectivity index (χ2n) is 16.5. The van der Waals surface area contributed by atoms with Gasteiger partial charge < -0.3 is 14.7 Å². The molecule has 0 unspecified atom stereocenters. The smallest absolute Gasteiger partial charge is 0.252 e. The van der Waals surface area contributed by atoms with Crippen molar-refractivity contribution < 1.29 is 0 Å². The first-order valence-electron chi connectivity index (χ1n) is 23.3. The molecule has 2 heterocycles. The minimum absolute atomic E-state index is 0.0364. The van der Waals surface area contributed by atoms with Gasteiger partial charge in [0.15, 0.2) is 0 Å². The van der Waals surface area contributed by atoms with Crippen LogP contribution in [0, 0.1) is 0 Å². The Morgan fingerprint density at radius 3 is 1.15 bits per heavy atom. The molecule has 0 N–H and O–H groups in total. The molecule has 0 aliphatic carbocycles. The fourth-order valence-electron chi connectivity index (χ4n) is 10.2. The zero-order valence-electron chi connectivity index (χ0n) is 37.7. The fourth-order valence-corrected chi connectivity index (χ4v) is 14.1. The Labute approximate surface area is 397 Å². The maximum absolute atomic E-state index is 2.56. The summed E-state index contributed by atoms with van der Waals surface area (Å²) < 4.78 is 0. The van der Waals surface area contributed by atoms with E-state index in [1.165, 1.54) is 53.0 Å². The first-order valence-corrected chi connectivity index (χ1v) is 24.9. The fraction of sp³-hybridized carbons (Fsp3) is 0.0323. The largest absolute Gasteiger partial charge is 0.311 e. The Morgan fingerprint density at radius 2 is 0.687 bits per heavy atom. The van der Waals surface area contributed by atoms with Crippen molar-refractivity contribution >= 4 is 84.3 Å². The number of anilines is 9. The van der Waals surface area contributed by atoms with Crippen molar-refractivity contribution in [2.45, 2.75) is 33.4 Å². The topological polar surface area (TPSA) is 9.72 Å². The number of hydrogen-bond acceptors (Lipinski definition) is 3. The molecule has 0 bridgehead atoms. The zero-order valence-corrected chi connectivity index (χ0v) is 38.5. The SMILES string of the molecule is CC.c1ccc(N(c2ccccc2)c2ccc3c(c2)N(c2ccccc2)c2cc(S(c4ccccc4)(c4ccccc4)c4ccccc4)cc4c2B3c2ccccc2N4c2ccccc2)cc1. The Hall–Kier alpha value is -7.99. The third-order valence-electron chi connectivity index (χ3n) is 12.9. The molecule has 0 fully saturated rings. The average Bonchev–Trinajstić information content (AvgIpc) is 3.41. The predicted molar refractivity (Wildman–Crippen MR) is 286 cm³/mol. The average molecular weight is 880 g/mol. The highest BCUT2D eigenvalue weighted by Gasteiger charge is 2.45. The lowest BCUT2D eigenvalue weighted by Crippen LogP contribution is -2.61. The number of hydrogen-bond donors (Lipinski definition) is 0. The molecular formula is C62H50BN3S. The molecule has 0 atom stereocenters. The van der Waals surface area contributed by atoms with Crippen LogP contribution in [0.4, 0.5) is 51.2 Å². The van der Waals surface area contributed by atoms with Crippen LogP contribution < -0.4 is 31.1 Å². The zero-order chi connectivity index (χ0) is 45.2. The third kappa shape index (κ3) is 7.11. The maximum Gasteiger partial charge on any atom is 0.252 e. The molecule has 10 aromatic carbocycles. The van der Waals surface area contributed by atoms with Gasteiger partial charge in [-0.2, -0.15) is 0 Å². The highest BCUT2D eigenvalue weighted by Crippen LogP contribution is 2.74. The van der Waals surface area contributed by atoms with Gasteiger partial charge in [0.25, 0.3) is 6.71 Å². The Balaban J connectivity index is 0.00000244. The minimum Gasteiger partial charge on any atom is -0.311 e. The van der Waals surface area contributed by atoms with E-state index in [1.54, 1.807) is 0 Å². The van der Waals surface area contributed by atoms with Gasteiger partial charge in [-0.1, -0.05) is 166 Å². The first-order chi connectivity index (χ1) is 33.3. The summed E-state index contributed by atoms with van der Waals surface area (Å²) in [6, 6.07) is 98.3. The van der Waals surface area contributed by atoms with Gasteiger partial charge in [0.05, 0.1) is 0 Å². The summed E-state index contributed by atoms with van der Waals surface area (Å²) in [6.07, 6.45) is 0. The molecule has 0 spiro atoms. The van der Waals surface area contributed by atoms with Crippen LogP contribution in [0.1, 0.15) is 13.8 Å². The lowest BCUT2D eigenvalue weighted by Gasteiger charge is -2.47. The normalized spacial score (nSPS) is 12.5. The van der Waals surface area contributed by atoms with Crippen LogP contribution >= 0.6 is 10.0 Å². The van der Waals surface area contributed by atoms with Crippen LogP contribution in [0.2, 0.25) is 0 Å². The Bertz CT molecular complexity index is 3130. The van der Waals surface area contributed by atoms with Crippen molar-refractivity contribution in [1.82, 2.24) is 0 Å². The molecule has 0 saturated heterocycles. The van der Waals surface area contributed by atoms with Crippen molar-refractivity contribution in [2.75, 3.05) is 14.7 Å². The van der Waals surface area contributed by atoms with Gasteiger partial charge >= 0.3 is 0 Å². The molecule has 0 aromatic heterocycles. The molecule has 10 aromatic rings. The van der Waals surface area contributed by atoms with Crippen LogP contribution in [-0.2, 0) is 0 Å². The predicted octanol–water partition coefficient (Wildman–Crippen LogP) is 15.6. The molecule has 0 saturated carbocycles. The van der Waals surface area contributed by atoms with Crippen LogP contribution in [0.3, 0.4) is 0 Å². The van der Waals surface area contributed by atoms with Crippen molar-refractivity contribution in [3.8, 4) is 0 Å². The molecule has 0 amide bonds. The second kappa shape index (κ2) is 18.1. The van der Waals surface area contributed by atoms with E-state index in [0.29, 0.717) is 0 Å². The van der Waals surface area contributed by atoms with E-state index < -0.39 is 10.0 Å². The minimum atomic E-state index is -2.09. The van der Waals surface area contributed by atoms with Gasteiger partial charge in [-0.3, -0.25) is 0 Å². The van der Waals surface area contributed by atoms with Crippen LogP contribution in [0.15, 0.2) is 287 Å². The molecule has 3 nitrogen and oxygen atoms in total. The summed E-state index contributed by atoms with van der Waals surface area (Å²) >= 11 is 0. The third-order valence-corrected chi connectivity index (χ3v) is 16.8. The number of rotatable bonds is 9. The van der Waals surface area contributed by atoms with Crippen LogP contribution in [0.5, 0.6) is 0 Å². The molecular weight excluding hydrogens is 830 g/mol. The summed E-state index contributed by atoms with van der Waals surface area (Å²) in [7, 11) is -2.09. The molecule has 5 heteroatoms. The van der Waals surface area contributed by atoms with E-state index in [0.717, 1.165) is 34.1 Å². The van der Waals surface area contributed by atoms with Crippen LogP contribution in [0.25, 0.3) is 0 Å². The van der Waals surface area contributed by atoms with Gasteiger partial charge in [0.1, 0.15) is 0 Å². The van der Waals surface area contributed by atoms with E-state index in [-0.39, 0.29) is 6.71 Å². The summed E-state index contributed by atoms with van der Waals surface area (Å²) in [5.41, 5.74) is 14.1. The number of benzene rings is 10. The van der Waals surface area contributed by atoms with E-state index in [1.807, 2.05) is 13.8 Å². The molecule has 0 radical (unpaired) electrons. The number of fused-ring (bicyclic) bond motifs is 4. The highest BCUT2D eigenvalue weighted by atomic mass is 32.3. The summed E-state index contributed by atoms with van der Waals surface area (Å²) in [6.45, 7) is 3.96. The quantitative estimate of drug-likeness (QED) is 0.134. The lowest BCUT2D eigenvalue weighted by atomic mass is 9.33.